The van der Waals surface area contributed by atoms with E-state index in [9.17, 15) is 13.2 Å². The summed E-state index contributed by atoms with van der Waals surface area (Å²) in [5.41, 5.74) is 6.04. The van der Waals surface area contributed by atoms with Gasteiger partial charge < -0.3 is 5.73 Å². The number of carbonyl (C=O) groups excluding carboxylic acids is 1. The predicted octanol–water partition coefficient (Wildman–Crippen LogP) is 3.62. The number of sulfonamides is 1. The number of benzene rings is 2. The summed E-state index contributed by atoms with van der Waals surface area (Å²) in [7, 11) is -3.73. The van der Waals surface area contributed by atoms with Crippen molar-refractivity contribution in [2.24, 2.45) is 5.73 Å². The zero-order valence-electron chi connectivity index (χ0n) is 13.6. The molecule has 1 aliphatic rings. The normalized spacial score (nSPS) is 15.2. The fourth-order valence-electron chi connectivity index (χ4n) is 2.84. The second-order valence-corrected chi connectivity index (χ2v) is 9.04. The molecule has 5 nitrogen and oxygen atoms in total. The largest absolute Gasteiger partial charge is 0.366 e. The van der Waals surface area contributed by atoms with Gasteiger partial charge in [-0.1, -0.05) is 25.0 Å². The van der Waals surface area contributed by atoms with Crippen LogP contribution in [0.15, 0.2) is 58.3 Å². The number of hydrogen-bond acceptors (Lipinski definition) is 4. The Labute approximate surface area is 152 Å². The molecule has 1 saturated carbocycles. The Morgan fingerprint density at radius 3 is 2.32 bits per heavy atom. The topological polar surface area (TPSA) is 89.3 Å². The van der Waals surface area contributed by atoms with Gasteiger partial charge in [-0.25, -0.2) is 8.42 Å². The highest BCUT2D eigenvalue weighted by Crippen LogP contribution is 2.38. The highest BCUT2D eigenvalue weighted by atomic mass is 32.2. The van der Waals surface area contributed by atoms with E-state index in [4.69, 9.17) is 5.73 Å². The van der Waals surface area contributed by atoms with Crippen molar-refractivity contribution in [2.75, 3.05) is 4.72 Å². The molecule has 1 aliphatic carbocycles. The number of anilines is 1. The number of rotatable bonds is 6. The van der Waals surface area contributed by atoms with E-state index in [1.54, 1.807) is 17.8 Å². The van der Waals surface area contributed by atoms with Crippen molar-refractivity contribution in [3.05, 3.63) is 54.1 Å². The van der Waals surface area contributed by atoms with E-state index in [0.717, 1.165) is 4.90 Å². The van der Waals surface area contributed by atoms with Crippen LogP contribution in [-0.4, -0.2) is 19.6 Å². The van der Waals surface area contributed by atoms with Gasteiger partial charge in [0.25, 0.3) is 10.0 Å². The molecule has 25 heavy (non-hydrogen) atoms. The van der Waals surface area contributed by atoms with Gasteiger partial charge in [-0.05, 0) is 49.2 Å². The Morgan fingerprint density at radius 1 is 1.04 bits per heavy atom. The number of carbonyl (C=O) groups is 1. The maximum atomic E-state index is 12.6. The van der Waals surface area contributed by atoms with E-state index in [-0.39, 0.29) is 10.5 Å². The summed E-state index contributed by atoms with van der Waals surface area (Å²) in [5.74, 6) is -0.588. The molecular formula is C18H20N2O3S2. The molecule has 0 bridgehead atoms. The molecule has 0 saturated heterocycles. The Hall–Kier alpha value is -1.99. The van der Waals surface area contributed by atoms with Crippen molar-refractivity contribution in [3.63, 3.8) is 0 Å². The Kier molecular flexibility index (Phi) is 5.34. The highest BCUT2D eigenvalue weighted by Gasteiger charge is 2.20. The maximum absolute atomic E-state index is 12.6. The van der Waals surface area contributed by atoms with Crippen molar-refractivity contribution in [1.82, 2.24) is 0 Å². The molecule has 0 atom stereocenters. The molecule has 0 unspecified atom stereocenters. The maximum Gasteiger partial charge on any atom is 0.261 e. The van der Waals surface area contributed by atoms with Gasteiger partial charge in [-0.2, -0.15) is 0 Å². The van der Waals surface area contributed by atoms with Crippen LogP contribution >= 0.6 is 11.8 Å². The monoisotopic (exact) mass is 376 g/mol. The van der Waals surface area contributed by atoms with Crippen molar-refractivity contribution in [3.8, 4) is 0 Å². The minimum absolute atomic E-state index is 0.0955. The number of thioether (sulfide) groups is 1. The third kappa shape index (κ3) is 4.35. The summed E-state index contributed by atoms with van der Waals surface area (Å²) in [6, 6.07) is 13.0. The smallest absolute Gasteiger partial charge is 0.261 e. The molecule has 0 radical (unpaired) electrons. The van der Waals surface area contributed by atoms with Crippen molar-refractivity contribution in [1.29, 1.82) is 0 Å². The molecule has 2 aromatic carbocycles. The number of para-hydroxylation sites is 1. The van der Waals surface area contributed by atoms with E-state index in [1.165, 1.54) is 49.9 Å². The molecule has 2 aromatic rings. The van der Waals surface area contributed by atoms with Crippen LogP contribution in [0.4, 0.5) is 5.69 Å². The average Bonchev–Trinajstić information content (AvgIpc) is 3.09. The summed E-state index contributed by atoms with van der Waals surface area (Å²) in [4.78, 5) is 12.1. The number of nitrogens with one attached hydrogen (secondary N) is 1. The lowest BCUT2D eigenvalue weighted by Gasteiger charge is -2.15. The lowest BCUT2D eigenvalue weighted by Crippen LogP contribution is -2.15. The zero-order chi connectivity index (χ0) is 17.9. The van der Waals surface area contributed by atoms with Gasteiger partial charge in [0, 0.05) is 15.7 Å². The summed E-state index contributed by atoms with van der Waals surface area (Å²) in [6.07, 6.45) is 4.80. The molecule has 1 fully saturated rings. The predicted molar refractivity (Wildman–Crippen MR) is 100 cm³/mol. The molecule has 0 spiro atoms. The first-order chi connectivity index (χ1) is 12.0. The third-order valence-corrected chi connectivity index (χ3v) is 6.97. The van der Waals surface area contributed by atoms with Crippen LogP contribution < -0.4 is 10.5 Å². The number of hydrogen-bond donors (Lipinski definition) is 2. The Balaban J connectivity index is 1.81. The van der Waals surface area contributed by atoms with Crippen LogP contribution in [-0.2, 0) is 10.0 Å². The van der Waals surface area contributed by atoms with Crippen LogP contribution in [0.2, 0.25) is 0 Å². The van der Waals surface area contributed by atoms with Crippen molar-refractivity contribution < 1.29 is 13.2 Å². The van der Waals surface area contributed by atoms with Gasteiger partial charge in [0.05, 0.1) is 10.6 Å². The van der Waals surface area contributed by atoms with Crippen LogP contribution in [0.1, 0.15) is 36.0 Å². The SMILES string of the molecule is NC(=O)c1ccc(S(=O)(=O)Nc2ccccc2SC2CCCC2)cc1. The van der Waals surface area contributed by atoms with Crippen LogP contribution in [0.3, 0.4) is 0 Å². The van der Waals surface area contributed by atoms with Gasteiger partial charge in [0.2, 0.25) is 5.91 Å². The van der Waals surface area contributed by atoms with Crippen LogP contribution in [0.5, 0.6) is 0 Å². The molecule has 0 heterocycles. The van der Waals surface area contributed by atoms with Crippen LogP contribution in [0, 0.1) is 0 Å². The molecule has 7 heteroatoms. The molecule has 0 aromatic heterocycles. The zero-order valence-corrected chi connectivity index (χ0v) is 15.3. The first kappa shape index (κ1) is 17.8. The quantitative estimate of drug-likeness (QED) is 0.806. The van der Waals surface area contributed by atoms with E-state index in [0.29, 0.717) is 10.9 Å². The molecule has 132 valence electrons. The van der Waals surface area contributed by atoms with E-state index in [2.05, 4.69) is 4.72 Å². The first-order valence-electron chi connectivity index (χ1n) is 8.14. The Morgan fingerprint density at radius 2 is 1.68 bits per heavy atom. The van der Waals surface area contributed by atoms with Gasteiger partial charge in [-0.15, -0.1) is 11.8 Å². The van der Waals surface area contributed by atoms with E-state index in [1.807, 2.05) is 18.2 Å². The second kappa shape index (κ2) is 7.49. The van der Waals surface area contributed by atoms with Crippen LogP contribution in [0.25, 0.3) is 0 Å². The fourth-order valence-corrected chi connectivity index (χ4v) is 5.32. The van der Waals surface area contributed by atoms with Crippen molar-refractivity contribution in [2.45, 2.75) is 40.7 Å². The van der Waals surface area contributed by atoms with Gasteiger partial charge >= 0.3 is 0 Å². The Bertz CT molecular complexity index is 858. The summed E-state index contributed by atoms with van der Waals surface area (Å²) < 4.78 is 27.9. The number of amides is 1. The average molecular weight is 377 g/mol. The second-order valence-electron chi connectivity index (χ2n) is 6.01. The summed E-state index contributed by atoms with van der Waals surface area (Å²) in [6.45, 7) is 0. The molecule has 1 amide bonds. The van der Waals surface area contributed by atoms with E-state index < -0.39 is 15.9 Å². The van der Waals surface area contributed by atoms with Gasteiger partial charge in [0.15, 0.2) is 0 Å². The van der Waals surface area contributed by atoms with Gasteiger partial charge in [-0.3, -0.25) is 9.52 Å². The number of nitrogens with two attached hydrogens (primary N) is 1. The summed E-state index contributed by atoms with van der Waals surface area (Å²) >= 11 is 1.73. The first-order valence-corrected chi connectivity index (χ1v) is 10.5. The highest BCUT2D eigenvalue weighted by molar-refractivity contribution is 8.00. The van der Waals surface area contributed by atoms with Gasteiger partial charge in [0.1, 0.15) is 0 Å². The lowest BCUT2D eigenvalue weighted by atomic mass is 10.2. The lowest BCUT2D eigenvalue weighted by molar-refractivity contribution is 0.1000. The molecule has 3 rings (SSSR count). The number of primary amides is 1. The minimum atomic E-state index is -3.73. The molecular weight excluding hydrogens is 356 g/mol. The van der Waals surface area contributed by atoms with Crippen molar-refractivity contribution >= 4 is 33.4 Å². The minimum Gasteiger partial charge on any atom is -0.366 e. The van der Waals surface area contributed by atoms with E-state index >= 15 is 0 Å². The molecule has 0 aliphatic heterocycles. The third-order valence-electron chi connectivity index (χ3n) is 4.18. The summed E-state index contributed by atoms with van der Waals surface area (Å²) in [5, 5.41) is 0.542. The fraction of sp³-hybridized carbons (Fsp3) is 0.278. The molecule has 3 N–H and O–H groups in total. The standard InChI is InChI=1S/C18H20N2O3S2/c19-18(21)13-9-11-15(12-10-13)25(22,23)20-16-7-3-4-8-17(16)24-14-5-1-2-6-14/h3-4,7-12,14,20H,1-2,5-6H2,(H2,19,21).